The Hall–Kier alpha value is -3.20. The summed E-state index contributed by atoms with van der Waals surface area (Å²) in [5.41, 5.74) is 0.883. The normalized spacial score (nSPS) is 10.4. The molecule has 0 radical (unpaired) electrons. The third-order valence-corrected chi connectivity index (χ3v) is 4.07. The first-order valence-electron chi connectivity index (χ1n) is 6.83. The molecule has 0 aliphatic heterocycles. The first-order valence-corrected chi connectivity index (χ1v) is 7.64. The van der Waals surface area contributed by atoms with Crippen molar-refractivity contribution < 1.29 is 14.5 Å². The standard InChI is InChI=1S/C15H12N4O4S/c1-23-11-6-3-7-12-13(11)17-15(24-12)18-14(20)16-9-4-2-5-10(8-9)19(21)22/h2-8H,1H3,(H2,16,17,18,20). The van der Waals surface area contributed by atoms with E-state index in [0.717, 1.165) is 4.70 Å². The summed E-state index contributed by atoms with van der Waals surface area (Å²) in [6, 6.07) is 10.7. The fraction of sp³-hybridized carbons (Fsp3) is 0.0667. The summed E-state index contributed by atoms with van der Waals surface area (Å²) in [5, 5.41) is 16.3. The number of carbonyl (C=O) groups is 1. The molecule has 24 heavy (non-hydrogen) atoms. The van der Waals surface area contributed by atoms with Gasteiger partial charge in [0.2, 0.25) is 0 Å². The largest absolute Gasteiger partial charge is 0.494 e. The van der Waals surface area contributed by atoms with Crippen molar-refractivity contribution in [2.75, 3.05) is 17.7 Å². The Bertz CT molecular complexity index is 925. The number of amides is 2. The van der Waals surface area contributed by atoms with E-state index in [9.17, 15) is 14.9 Å². The quantitative estimate of drug-likeness (QED) is 0.552. The van der Waals surface area contributed by atoms with E-state index in [1.165, 1.54) is 29.5 Å². The van der Waals surface area contributed by atoms with Crippen molar-refractivity contribution in [1.82, 2.24) is 4.98 Å². The van der Waals surface area contributed by atoms with Gasteiger partial charge in [0.05, 0.1) is 16.7 Å². The third kappa shape index (κ3) is 3.25. The molecule has 0 unspecified atom stereocenters. The van der Waals surface area contributed by atoms with Crippen LogP contribution >= 0.6 is 11.3 Å². The number of anilines is 2. The maximum atomic E-state index is 12.0. The van der Waals surface area contributed by atoms with Gasteiger partial charge in [-0.05, 0) is 18.2 Å². The molecule has 0 aliphatic rings. The minimum absolute atomic E-state index is 0.0995. The number of nitrogens with one attached hydrogen (secondary N) is 2. The van der Waals surface area contributed by atoms with Crippen LogP contribution in [0.3, 0.4) is 0 Å². The van der Waals surface area contributed by atoms with E-state index in [4.69, 9.17) is 4.74 Å². The number of hydrogen-bond donors (Lipinski definition) is 2. The van der Waals surface area contributed by atoms with E-state index < -0.39 is 11.0 Å². The highest BCUT2D eigenvalue weighted by Crippen LogP contribution is 2.32. The molecule has 8 nitrogen and oxygen atoms in total. The highest BCUT2D eigenvalue weighted by molar-refractivity contribution is 7.22. The van der Waals surface area contributed by atoms with Gasteiger partial charge in [-0.2, -0.15) is 0 Å². The number of urea groups is 1. The molecule has 1 heterocycles. The second kappa shape index (κ2) is 6.50. The van der Waals surface area contributed by atoms with Crippen LogP contribution in [0.5, 0.6) is 5.75 Å². The van der Waals surface area contributed by atoms with Crippen LogP contribution in [0.15, 0.2) is 42.5 Å². The van der Waals surface area contributed by atoms with Gasteiger partial charge in [0.1, 0.15) is 11.3 Å². The van der Waals surface area contributed by atoms with Gasteiger partial charge in [0.15, 0.2) is 5.13 Å². The van der Waals surface area contributed by atoms with Crippen LogP contribution in [0.1, 0.15) is 0 Å². The van der Waals surface area contributed by atoms with E-state index >= 15 is 0 Å². The molecule has 0 saturated heterocycles. The zero-order valence-corrected chi connectivity index (χ0v) is 13.3. The molecule has 3 rings (SSSR count). The SMILES string of the molecule is COc1cccc2sc(NC(=O)Nc3cccc([N+](=O)[O-])c3)nc12. The number of hydrogen-bond acceptors (Lipinski definition) is 6. The molecule has 0 aliphatic carbocycles. The van der Waals surface area contributed by atoms with Crippen molar-refractivity contribution in [3.63, 3.8) is 0 Å². The third-order valence-electron chi connectivity index (χ3n) is 3.14. The second-order valence-corrected chi connectivity index (χ2v) is 5.74. The molecule has 0 fully saturated rings. The van der Waals surface area contributed by atoms with Crippen LogP contribution in [-0.2, 0) is 0 Å². The molecule has 0 spiro atoms. The number of non-ortho nitro benzene ring substituents is 1. The summed E-state index contributed by atoms with van der Waals surface area (Å²) in [4.78, 5) is 26.6. The van der Waals surface area contributed by atoms with Gasteiger partial charge in [-0.25, -0.2) is 9.78 Å². The number of para-hydroxylation sites is 1. The maximum Gasteiger partial charge on any atom is 0.325 e. The molecule has 122 valence electrons. The summed E-state index contributed by atoms with van der Waals surface area (Å²) in [5.74, 6) is 0.621. The van der Waals surface area contributed by atoms with Gasteiger partial charge in [-0.3, -0.25) is 15.4 Å². The van der Waals surface area contributed by atoms with Crippen LogP contribution in [0.4, 0.5) is 21.3 Å². The van der Waals surface area contributed by atoms with E-state index in [0.29, 0.717) is 22.1 Å². The molecule has 0 atom stereocenters. The molecule has 2 aromatic carbocycles. The van der Waals surface area contributed by atoms with Crippen molar-refractivity contribution in [3.8, 4) is 5.75 Å². The number of nitro benzene ring substituents is 1. The Kier molecular flexibility index (Phi) is 4.25. The van der Waals surface area contributed by atoms with Crippen LogP contribution in [0.2, 0.25) is 0 Å². The van der Waals surface area contributed by atoms with Crippen LogP contribution in [-0.4, -0.2) is 23.0 Å². The number of rotatable bonds is 4. The summed E-state index contributed by atoms with van der Waals surface area (Å²) in [6.07, 6.45) is 0. The highest BCUT2D eigenvalue weighted by Gasteiger charge is 2.12. The predicted molar refractivity (Wildman–Crippen MR) is 91.9 cm³/mol. The molecule has 1 aromatic heterocycles. The topological polar surface area (TPSA) is 106 Å². The van der Waals surface area contributed by atoms with Crippen molar-refractivity contribution in [1.29, 1.82) is 0 Å². The Morgan fingerprint density at radius 3 is 2.79 bits per heavy atom. The lowest BCUT2D eigenvalue weighted by atomic mass is 10.3. The number of nitro groups is 1. The zero-order chi connectivity index (χ0) is 17.1. The van der Waals surface area contributed by atoms with Gasteiger partial charge >= 0.3 is 6.03 Å². The number of carbonyl (C=O) groups excluding carboxylic acids is 1. The zero-order valence-electron chi connectivity index (χ0n) is 12.5. The molecule has 2 amide bonds. The lowest BCUT2D eigenvalue weighted by molar-refractivity contribution is -0.384. The van der Waals surface area contributed by atoms with Crippen molar-refractivity contribution in [3.05, 3.63) is 52.6 Å². The van der Waals surface area contributed by atoms with Gasteiger partial charge in [0, 0.05) is 17.8 Å². The number of aromatic nitrogens is 1. The van der Waals surface area contributed by atoms with Crippen molar-refractivity contribution in [2.45, 2.75) is 0 Å². The van der Waals surface area contributed by atoms with E-state index in [1.807, 2.05) is 12.1 Å². The van der Waals surface area contributed by atoms with Crippen LogP contribution < -0.4 is 15.4 Å². The number of nitrogens with zero attached hydrogens (tertiary/aromatic N) is 2. The monoisotopic (exact) mass is 344 g/mol. The van der Waals surface area contributed by atoms with Crippen LogP contribution in [0, 0.1) is 10.1 Å². The lowest BCUT2D eigenvalue weighted by Crippen LogP contribution is -2.19. The number of ether oxygens (including phenoxy) is 1. The highest BCUT2D eigenvalue weighted by atomic mass is 32.1. The number of benzene rings is 2. The summed E-state index contributed by atoms with van der Waals surface area (Å²) >= 11 is 1.30. The van der Waals surface area contributed by atoms with Crippen LogP contribution in [0.25, 0.3) is 10.2 Å². The predicted octanol–water partition coefficient (Wildman–Crippen LogP) is 3.86. The minimum atomic E-state index is -0.534. The summed E-state index contributed by atoms with van der Waals surface area (Å²) in [7, 11) is 1.55. The van der Waals surface area contributed by atoms with Gasteiger partial charge in [0.25, 0.3) is 5.69 Å². The van der Waals surface area contributed by atoms with E-state index in [2.05, 4.69) is 15.6 Å². The number of methoxy groups -OCH3 is 1. The Labute approximate surface area is 140 Å². The molecule has 0 bridgehead atoms. The molecule has 0 saturated carbocycles. The van der Waals surface area contributed by atoms with Gasteiger partial charge in [-0.15, -0.1) is 0 Å². The fourth-order valence-corrected chi connectivity index (χ4v) is 2.98. The average Bonchev–Trinajstić information content (AvgIpc) is 2.96. The van der Waals surface area contributed by atoms with Gasteiger partial charge < -0.3 is 10.1 Å². The van der Waals surface area contributed by atoms with E-state index in [1.54, 1.807) is 19.2 Å². The molecule has 9 heteroatoms. The lowest BCUT2D eigenvalue weighted by Gasteiger charge is -2.04. The molecule has 3 aromatic rings. The maximum absolute atomic E-state index is 12.0. The first-order chi connectivity index (χ1) is 11.6. The number of fused-ring (bicyclic) bond motifs is 1. The molecular weight excluding hydrogens is 332 g/mol. The Balaban J connectivity index is 1.75. The van der Waals surface area contributed by atoms with Crippen molar-refractivity contribution >= 4 is 44.1 Å². The second-order valence-electron chi connectivity index (χ2n) is 4.71. The average molecular weight is 344 g/mol. The Morgan fingerprint density at radius 2 is 2.04 bits per heavy atom. The summed E-state index contributed by atoms with van der Waals surface area (Å²) < 4.78 is 6.10. The summed E-state index contributed by atoms with van der Waals surface area (Å²) in [6.45, 7) is 0. The molecular formula is C15H12N4O4S. The smallest absolute Gasteiger partial charge is 0.325 e. The minimum Gasteiger partial charge on any atom is -0.494 e. The fourth-order valence-electron chi connectivity index (χ4n) is 2.10. The number of thiazole rings is 1. The first kappa shape index (κ1) is 15.7. The van der Waals surface area contributed by atoms with Gasteiger partial charge in [-0.1, -0.05) is 23.5 Å². The molecule has 2 N–H and O–H groups in total. The van der Waals surface area contributed by atoms with Crippen molar-refractivity contribution in [2.24, 2.45) is 0 Å². The van der Waals surface area contributed by atoms with E-state index in [-0.39, 0.29) is 5.69 Å². The Morgan fingerprint density at radius 1 is 1.25 bits per heavy atom.